The third kappa shape index (κ3) is 3.78. The Morgan fingerprint density at radius 2 is 2.24 bits per heavy atom. The fourth-order valence-electron chi connectivity index (χ4n) is 1.61. The number of benzene rings is 1. The molecule has 0 saturated heterocycles. The normalized spacial score (nSPS) is 9.81. The molecule has 0 aliphatic heterocycles. The minimum atomic E-state index is -0.613. The van der Waals surface area contributed by atoms with E-state index in [1.165, 1.54) is 11.3 Å². The van der Waals surface area contributed by atoms with E-state index in [4.69, 9.17) is 10.5 Å². The molecule has 0 amide bonds. The van der Waals surface area contributed by atoms with E-state index in [0.29, 0.717) is 0 Å². The van der Waals surface area contributed by atoms with Crippen molar-refractivity contribution in [2.24, 2.45) is 5.73 Å². The molecular formula is C14H11FN2O3S. The Morgan fingerprint density at radius 1 is 1.43 bits per heavy atom. The van der Waals surface area contributed by atoms with E-state index in [9.17, 15) is 14.5 Å². The van der Waals surface area contributed by atoms with Gasteiger partial charge in [0, 0.05) is 17.7 Å². The van der Waals surface area contributed by atoms with Crippen LogP contribution in [0.25, 0.3) is 0 Å². The van der Waals surface area contributed by atoms with Crippen LogP contribution in [0.1, 0.15) is 10.4 Å². The lowest BCUT2D eigenvalue weighted by atomic mass is 10.2. The van der Waals surface area contributed by atoms with E-state index in [-0.39, 0.29) is 24.6 Å². The third-order valence-corrected chi connectivity index (χ3v) is 3.44. The van der Waals surface area contributed by atoms with Crippen LogP contribution < -0.4 is 10.5 Å². The molecule has 1 aromatic heterocycles. The second kappa shape index (κ2) is 6.83. The standard InChI is InChI=1S/C14H11FN2O3S/c15-11-3-4-12(17(18)19)13(8-11)20-9-14-10(2-1-6-16)5-7-21-14/h3-5,7-8H,6,9,16H2. The lowest BCUT2D eigenvalue weighted by Crippen LogP contribution is -2.00. The summed E-state index contributed by atoms with van der Waals surface area (Å²) < 4.78 is 18.6. The molecule has 0 atom stereocenters. The molecule has 108 valence electrons. The zero-order valence-corrected chi connectivity index (χ0v) is 11.7. The highest BCUT2D eigenvalue weighted by Gasteiger charge is 2.16. The van der Waals surface area contributed by atoms with Crippen molar-refractivity contribution in [2.75, 3.05) is 6.54 Å². The Hall–Kier alpha value is -2.43. The topological polar surface area (TPSA) is 78.4 Å². The van der Waals surface area contributed by atoms with Gasteiger partial charge in [0.15, 0.2) is 5.75 Å². The monoisotopic (exact) mass is 306 g/mol. The molecule has 0 bridgehead atoms. The maximum atomic E-state index is 13.2. The highest BCUT2D eigenvalue weighted by Crippen LogP contribution is 2.29. The maximum absolute atomic E-state index is 13.2. The van der Waals surface area contributed by atoms with Crippen LogP contribution in [0.2, 0.25) is 0 Å². The Labute approximate surface area is 124 Å². The molecular weight excluding hydrogens is 295 g/mol. The number of nitrogens with two attached hydrogens (primary N) is 1. The van der Waals surface area contributed by atoms with E-state index in [1.807, 2.05) is 11.4 Å². The van der Waals surface area contributed by atoms with Crippen LogP contribution in [0, 0.1) is 27.8 Å². The first-order valence-electron chi connectivity index (χ1n) is 5.94. The first-order chi connectivity index (χ1) is 10.1. The Bertz CT molecular complexity index is 718. The van der Waals surface area contributed by atoms with Crippen molar-refractivity contribution in [1.82, 2.24) is 0 Å². The number of hydrogen-bond acceptors (Lipinski definition) is 5. The molecule has 2 rings (SSSR count). The molecule has 0 fully saturated rings. The van der Waals surface area contributed by atoms with Gasteiger partial charge < -0.3 is 10.5 Å². The number of ether oxygens (including phenoxy) is 1. The molecule has 2 aromatic rings. The second-order valence-electron chi connectivity index (χ2n) is 3.92. The summed E-state index contributed by atoms with van der Waals surface area (Å²) in [4.78, 5) is 11.1. The summed E-state index contributed by atoms with van der Waals surface area (Å²) >= 11 is 1.41. The number of rotatable bonds is 4. The third-order valence-electron chi connectivity index (χ3n) is 2.55. The number of halogens is 1. The number of nitrogens with zero attached hydrogens (tertiary/aromatic N) is 1. The summed E-state index contributed by atoms with van der Waals surface area (Å²) in [6, 6.07) is 4.91. The minimum Gasteiger partial charge on any atom is -0.481 e. The largest absolute Gasteiger partial charge is 0.481 e. The summed E-state index contributed by atoms with van der Waals surface area (Å²) in [6.07, 6.45) is 0. The van der Waals surface area contributed by atoms with Gasteiger partial charge in [0.25, 0.3) is 0 Å². The van der Waals surface area contributed by atoms with Crippen molar-refractivity contribution in [3.05, 3.63) is 56.0 Å². The van der Waals surface area contributed by atoms with E-state index in [1.54, 1.807) is 0 Å². The Morgan fingerprint density at radius 3 is 2.95 bits per heavy atom. The SMILES string of the molecule is NCC#Cc1ccsc1COc1cc(F)ccc1[N+](=O)[O-]. The molecule has 5 nitrogen and oxygen atoms in total. The van der Waals surface area contributed by atoms with Crippen LogP contribution >= 0.6 is 11.3 Å². The number of nitro groups is 1. The van der Waals surface area contributed by atoms with Gasteiger partial charge in [-0.05, 0) is 17.5 Å². The number of nitro benzene ring substituents is 1. The summed E-state index contributed by atoms with van der Waals surface area (Å²) in [5.41, 5.74) is 5.79. The molecule has 0 saturated carbocycles. The van der Waals surface area contributed by atoms with E-state index < -0.39 is 10.7 Å². The summed E-state index contributed by atoms with van der Waals surface area (Å²) in [5.74, 6) is 4.92. The zero-order valence-electron chi connectivity index (χ0n) is 10.8. The average molecular weight is 306 g/mol. The molecule has 0 unspecified atom stereocenters. The highest BCUT2D eigenvalue weighted by atomic mass is 32.1. The number of thiophene rings is 1. The van der Waals surface area contributed by atoms with Crippen molar-refractivity contribution in [2.45, 2.75) is 6.61 Å². The van der Waals surface area contributed by atoms with Crippen LogP contribution in [0.3, 0.4) is 0 Å². The molecule has 2 N–H and O–H groups in total. The van der Waals surface area contributed by atoms with Crippen molar-refractivity contribution in [3.63, 3.8) is 0 Å². The van der Waals surface area contributed by atoms with Gasteiger partial charge in [0.1, 0.15) is 12.4 Å². The quantitative estimate of drug-likeness (QED) is 0.535. The predicted molar refractivity (Wildman–Crippen MR) is 77.6 cm³/mol. The van der Waals surface area contributed by atoms with Crippen LogP contribution in [-0.4, -0.2) is 11.5 Å². The van der Waals surface area contributed by atoms with Gasteiger partial charge in [-0.1, -0.05) is 11.8 Å². The Kier molecular flexibility index (Phi) is 4.87. The zero-order chi connectivity index (χ0) is 15.2. The number of hydrogen-bond donors (Lipinski definition) is 1. The highest BCUT2D eigenvalue weighted by molar-refractivity contribution is 7.10. The van der Waals surface area contributed by atoms with Gasteiger partial charge in [0.2, 0.25) is 0 Å². The van der Waals surface area contributed by atoms with Crippen LogP contribution in [0.15, 0.2) is 29.6 Å². The molecule has 21 heavy (non-hydrogen) atoms. The first kappa shape index (κ1) is 15.0. The van der Waals surface area contributed by atoms with Gasteiger partial charge in [-0.2, -0.15) is 0 Å². The average Bonchev–Trinajstić information content (AvgIpc) is 2.90. The van der Waals surface area contributed by atoms with E-state index >= 15 is 0 Å². The van der Waals surface area contributed by atoms with E-state index in [0.717, 1.165) is 28.6 Å². The Balaban J connectivity index is 2.19. The van der Waals surface area contributed by atoms with Crippen molar-refractivity contribution < 1.29 is 14.1 Å². The fourth-order valence-corrected chi connectivity index (χ4v) is 2.35. The van der Waals surface area contributed by atoms with Crippen molar-refractivity contribution in [3.8, 4) is 17.6 Å². The predicted octanol–water partition coefficient (Wildman–Crippen LogP) is 2.68. The van der Waals surface area contributed by atoms with Gasteiger partial charge in [0.05, 0.1) is 16.3 Å². The van der Waals surface area contributed by atoms with Crippen LogP contribution in [-0.2, 0) is 6.61 Å². The molecule has 7 heteroatoms. The molecule has 1 heterocycles. The molecule has 0 aliphatic rings. The fraction of sp³-hybridized carbons (Fsp3) is 0.143. The molecule has 0 aliphatic carbocycles. The molecule has 0 spiro atoms. The van der Waals surface area contributed by atoms with E-state index in [2.05, 4.69) is 11.8 Å². The molecule has 1 aromatic carbocycles. The van der Waals surface area contributed by atoms with Gasteiger partial charge in [-0.3, -0.25) is 10.1 Å². The maximum Gasteiger partial charge on any atom is 0.311 e. The van der Waals surface area contributed by atoms with Crippen molar-refractivity contribution in [1.29, 1.82) is 0 Å². The minimum absolute atomic E-state index is 0.0799. The summed E-state index contributed by atoms with van der Waals surface area (Å²) in [7, 11) is 0. The lowest BCUT2D eigenvalue weighted by molar-refractivity contribution is -0.386. The van der Waals surface area contributed by atoms with Gasteiger partial charge >= 0.3 is 5.69 Å². The first-order valence-corrected chi connectivity index (χ1v) is 6.82. The second-order valence-corrected chi connectivity index (χ2v) is 4.92. The van der Waals surface area contributed by atoms with Crippen LogP contribution in [0.4, 0.5) is 10.1 Å². The van der Waals surface area contributed by atoms with Crippen molar-refractivity contribution >= 4 is 17.0 Å². The lowest BCUT2D eigenvalue weighted by Gasteiger charge is -2.06. The van der Waals surface area contributed by atoms with Gasteiger partial charge in [-0.15, -0.1) is 11.3 Å². The summed E-state index contributed by atoms with van der Waals surface area (Å²) in [6.45, 7) is 0.321. The van der Waals surface area contributed by atoms with Gasteiger partial charge in [-0.25, -0.2) is 4.39 Å². The van der Waals surface area contributed by atoms with Crippen LogP contribution in [0.5, 0.6) is 5.75 Å². The summed E-state index contributed by atoms with van der Waals surface area (Å²) in [5, 5.41) is 12.7. The molecule has 0 radical (unpaired) electrons. The smallest absolute Gasteiger partial charge is 0.311 e.